The SMILES string of the molecule is CC(=O)N1CCc2cc(NC(=O)C(F)Cl)ccc21. The van der Waals surface area contributed by atoms with Crippen LogP contribution in [-0.4, -0.2) is 24.0 Å². The molecule has 1 aromatic rings. The molecule has 2 amide bonds. The van der Waals surface area contributed by atoms with Gasteiger partial charge in [0, 0.05) is 24.8 Å². The van der Waals surface area contributed by atoms with Crippen molar-refractivity contribution in [2.24, 2.45) is 0 Å². The van der Waals surface area contributed by atoms with Crippen LogP contribution in [0.15, 0.2) is 18.2 Å². The minimum atomic E-state index is -2.06. The zero-order valence-electron chi connectivity index (χ0n) is 9.74. The molecule has 0 radical (unpaired) electrons. The minimum absolute atomic E-state index is 0.0184. The highest BCUT2D eigenvalue weighted by atomic mass is 35.5. The number of nitrogens with zero attached hydrogens (tertiary/aromatic N) is 1. The fourth-order valence-electron chi connectivity index (χ4n) is 2.00. The Morgan fingerprint density at radius 1 is 1.50 bits per heavy atom. The van der Waals surface area contributed by atoms with E-state index in [-0.39, 0.29) is 5.91 Å². The third-order valence-electron chi connectivity index (χ3n) is 2.82. The first-order valence-corrected chi connectivity index (χ1v) is 5.92. The summed E-state index contributed by atoms with van der Waals surface area (Å²) in [5, 5.41) is 2.37. The number of anilines is 2. The summed E-state index contributed by atoms with van der Waals surface area (Å²) in [6.07, 6.45) is 0.721. The predicted molar refractivity (Wildman–Crippen MR) is 67.6 cm³/mol. The lowest BCUT2D eigenvalue weighted by Gasteiger charge is -2.15. The quantitative estimate of drug-likeness (QED) is 0.837. The summed E-state index contributed by atoms with van der Waals surface area (Å²) in [6.45, 7) is 2.13. The highest BCUT2D eigenvalue weighted by Crippen LogP contribution is 2.30. The average Bonchev–Trinajstić information content (AvgIpc) is 2.71. The lowest BCUT2D eigenvalue weighted by Crippen LogP contribution is -2.25. The molecule has 1 unspecified atom stereocenters. The molecule has 0 aliphatic carbocycles. The second kappa shape index (κ2) is 4.94. The van der Waals surface area contributed by atoms with Gasteiger partial charge in [0.05, 0.1) is 0 Å². The van der Waals surface area contributed by atoms with E-state index in [2.05, 4.69) is 5.32 Å². The molecule has 0 saturated carbocycles. The normalized spacial score (nSPS) is 15.2. The van der Waals surface area contributed by atoms with Crippen molar-refractivity contribution >= 4 is 34.8 Å². The van der Waals surface area contributed by atoms with Gasteiger partial charge in [0.25, 0.3) is 11.5 Å². The molecule has 1 aromatic carbocycles. The average molecular weight is 271 g/mol. The van der Waals surface area contributed by atoms with Crippen molar-refractivity contribution in [3.8, 4) is 0 Å². The molecule has 1 atom stereocenters. The number of nitrogens with one attached hydrogen (secondary N) is 1. The molecule has 1 heterocycles. The van der Waals surface area contributed by atoms with E-state index in [4.69, 9.17) is 11.6 Å². The van der Waals surface area contributed by atoms with Crippen LogP contribution in [0.25, 0.3) is 0 Å². The van der Waals surface area contributed by atoms with Gasteiger partial charge in [0.1, 0.15) is 0 Å². The van der Waals surface area contributed by atoms with Crippen molar-refractivity contribution < 1.29 is 14.0 Å². The molecule has 1 aliphatic heterocycles. The van der Waals surface area contributed by atoms with Crippen LogP contribution in [0.5, 0.6) is 0 Å². The number of fused-ring (bicyclic) bond motifs is 1. The number of carbonyl (C=O) groups excluding carboxylic acids is 2. The van der Waals surface area contributed by atoms with E-state index in [1.165, 1.54) is 6.92 Å². The van der Waals surface area contributed by atoms with E-state index >= 15 is 0 Å². The fraction of sp³-hybridized carbons (Fsp3) is 0.333. The first-order valence-electron chi connectivity index (χ1n) is 5.49. The molecule has 2 rings (SSSR count). The van der Waals surface area contributed by atoms with Crippen LogP contribution in [0.2, 0.25) is 0 Å². The minimum Gasteiger partial charge on any atom is -0.322 e. The Hall–Kier alpha value is -1.62. The second-order valence-electron chi connectivity index (χ2n) is 4.05. The van der Waals surface area contributed by atoms with E-state index < -0.39 is 11.5 Å². The van der Waals surface area contributed by atoms with Crippen molar-refractivity contribution in [1.82, 2.24) is 0 Å². The molecule has 96 valence electrons. The summed E-state index contributed by atoms with van der Waals surface area (Å²) >= 11 is 5.03. The predicted octanol–water partition coefficient (Wildman–Crippen LogP) is 2.07. The van der Waals surface area contributed by atoms with Crippen LogP contribution in [0.4, 0.5) is 15.8 Å². The molecular weight excluding hydrogens is 259 g/mol. The Labute approximate surface area is 109 Å². The van der Waals surface area contributed by atoms with Crippen LogP contribution < -0.4 is 10.2 Å². The van der Waals surface area contributed by atoms with Gasteiger partial charge in [0.2, 0.25) is 5.91 Å². The summed E-state index contributed by atoms with van der Waals surface area (Å²) in [6, 6.07) is 5.09. The van der Waals surface area contributed by atoms with Gasteiger partial charge in [-0.15, -0.1) is 0 Å². The van der Waals surface area contributed by atoms with Crippen molar-refractivity contribution in [3.63, 3.8) is 0 Å². The lowest BCUT2D eigenvalue weighted by molar-refractivity contribution is -0.118. The number of hydrogen-bond acceptors (Lipinski definition) is 2. The van der Waals surface area contributed by atoms with Gasteiger partial charge in [-0.3, -0.25) is 9.59 Å². The van der Waals surface area contributed by atoms with Crippen molar-refractivity contribution in [2.45, 2.75) is 19.0 Å². The zero-order chi connectivity index (χ0) is 13.3. The van der Waals surface area contributed by atoms with Crippen molar-refractivity contribution in [3.05, 3.63) is 23.8 Å². The number of benzene rings is 1. The molecule has 0 spiro atoms. The van der Waals surface area contributed by atoms with Crippen LogP contribution in [0, 0.1) is 0 Å². The number of rotatable bonds is 2. The Kier molecular flexibility index (Phi) is 3.52. The van der Waals surface area contributed by atoms with Gasteiger partial charge in [-0.05, 0) is 30.2 Å². The molecule has 1 N–H and O–H groups in total. The number of carbonyl (C=O) groups is 2. The second-order valence-corrected chi connectivity index (χ2v) is 4.44. The molecule has 0 aromatic heterocycles. The van der Waals surface area contributed by atoms with Crippen molar-refractivity contribution in [2.75, 3.05) is 16.8 Å². The van der Waals surface area contributed by atoms with E-state index in [0.717, 1.165) is 17.7 Å². The first kappa shape index (κ1) is 12.8. The van der Waals surface area contributed by atoms with Crippen LogP contribution in [0.3, 0.4) is 0 Å². The third-order valence-corrected chi connectivity index (χ3v) is 3.02. The molecule has 0 saturated heterocycles. The van der Waals surface area contributed by atoms with Gasteiger partial charge in [0.15, 0.2) is 0 Å². The maximum atomic E-state index is 12.5. The molecule has 0 fully saturated rings. The van der Waals surface area contributed by atoms with Gasteiger partial charge in [-0.1, -0.05) is 11.6 Å². The maximum Gasteiger partial charge on any atom is 0.274 e. The van der Waals surface area contributed by atoms with Crippen molar-refractivity contribution in [1.29, 1.82) is 0 Å². The molecule has 18 heavy (non-hydrogen) atoms. The third kappa shape index (κ3) is 2.46. The Morgan fingerprint density at radius 2 is 2.22 bits per heavy atom. The monoisotopic (exact) mass is 270 g/mol. The number of halogens is 2. The van der Waals surface area contributed by atoms with Crippen LogP contribution in [-0.2, 0) is 16.0 Å². The Bertz CT molecular complexity index is 505. The summed E-state index contributed by atoms with van der Waals surface area (Å²) < 4.78 is 12.5. The van der Waals surface area contributed by atoms with Gasteiger partial charge >= 0.3 is 0 Å². The molecule has 1 aliphatic rings. The molecule has 6 heteroatoms. The smallest absolute Gasteiger partial charge is 0.274 e. The Balaban J connectivity index is 2.20. The number of alkyl halides is 2. The van der Waals surface area contributed by atoms with E-state index in [1.807, 2.05) is 0 Å². The summed E-state index contributed by atoms with van der Waals surface area (Å²) in [7, 11) is 0. The van der Waals surface area contributed by atoms with E-state index in [9.17, 15) is 14.0 Å². The molecule has 0 bridgehead atoms. The van der Waals surface area contributed by atoms with Crippen LogP contribution >= 0.6 is 11.6 Å². The van der Waals surface area contributed by atoms with E-state index in [1.54, 1.807) is 23.1 Å². The fourth-order valence-corrected chi connectivity index (χ4v) is 2.06. The number of amides is 2. The first-order chi connectivity index (χ1) is 8.49. The highest BCUT2D eigenvalue weighted by molar-refractivity contribution is 6.31. The summed E-state index contributed by atoms with van der Waals surface area (Å²) in [5.41, 5.74) is 0.204. The zero-order valence-corrected chi connectivity index (χ0v) is 10.5. The largest absolute Gasteiger partial charge is 0.322 e. The standard InChI is InChI=1S/C12H12ClFN2O2/c1-7(17)16-5-4-8-6-9(2-3-10(8)16)15-12(18)11(13)14/h2-3,6,11H,4-5H2,1H3,(H,15,18). The molecule has 4 nitrogen and oxygen atoms in total. The van der Waals surface area contributed by atoms with E-state index in [0.29, 0.717) is 12.2 Å². The molecular formula is C12H12ClFN2O2. The van der Waals surface area contributed by atoms with Gasteiger partial charge in [-0.2, -0.15) is 0 Å². The lowest BCUT2D eigenvalue weighted by atomic mass is 10.1. The summed E-state index contributed by atoms with van der Waals surface area (Å²) in [4.78, 5) is 24.1. The van der Waals surface area contributed by atoms with Crippen LogP contribution in [0.1, 0.15) is 12.5 Å². The maximum absolute atomic E-state index is 12.5. The highest BCUT2D eigenvalue weighted by Gasteiger charge is 2.22. The topological polar surface area (TPSA) is 49.4 Å². The number of hydrogen-bond donors (Lipinski definition) is 1. The Morgan fingerprint density at radius 3 is 2.83 bits per heavy atom. The van der Waals surface area contributed by atoms with Gasteiger partial charge in [-0.25, -0.2) is 4.39 Å². The summed E-state index contributed by atoms with van der Waals surface area (Å²) in [5.74, 6) is -0.909. The van der Waals surface area contributed by atoms with Gasteiger partial charge < -0.3 is 10.2 Å².